The fourth-order valence-electron chi connectivity index (χ4n) is 4.13. The van der Waals surface area contributed by atoms with E-state index in [0.717, 1.165) is 55.0 Å². The van der Waals surface area contributed by atoms with Crippen molar-refractivity contribution >= 4 is 40.8 Å². The number of nitrogens with zero attached hydrogens (tertiary/aromatic N) is 1. The molecule has 1 aliphatic rings. The van der Waals surface area contributed by atoms with Gasteiger partial charge in [0.1, 0.15) is 5.82 Å². The molecule has 1 aromatic carbocycles. The van der Waals surface area contributed by atoms with Gasteiger partial charge in [0.15, 0.2) is 5.96 Å². The van der Waals surface area contributed by atoms with Crippen molar-refractivity contribution in [3.05, 3.63) is 35.8 Å². The van der Waals surface area contributed by atoms with Crippen molar-refractivity contribution < 1.29 is 9.13 Å². The molecule has 7 heteroatoms. The van der Waals surface area contributed by atoms with Gasteiger partial charge in [-0.3, -0.25) is 4.99 Å². The summed E-state index contributed by atoms with van der Waals surface area (Å²) in [7, 11) is 1.79. The molecular weight excluding hydrogens is 482 g/mol. The topological polar surface area (TPSA) is 61.4 Å². The summed E-state index contributed by atoms with van der Waals surface area (Å²) >= 11 is 0. The Morgan fingerprint density at radius 1 is 1.31 bits per heavy atom. The van der Waals surface area contributed by atoms with Crippen LogP contribution in [0.5, 0.6) is 0 Å². The summed E-state index contributed by atoms with van der Waals surface area (Å²) in [5.41, 5.74) is 2.20. The summed E-state index contributed by atoms with van der Waals surface area (Å²) in [4.78, 5) is 7.54. The molecule has 5 nitrogen and oxygen atoms in total. The summed E-state index contributed by atoms with van der Waals surface area (Å²) in [5, 5.41) is 7.77. The Hall–Kier alpha value is -1.35. The van der Waals surface area contributed by atoms with Crippen LogP contribution in [-0.2, 0) is 11.2 Å². The first kappa shape index (κ1) is 23.9. The molecule has 3 rings (SSSR count). The van der Waals surface area contributed by atoms with Gasteiger partial charge in [0, 0.05) is 49.8 Å². The second kappa shape index (κ2) is 10.6. The molecule has 3 N–H and O–H groups in total. The van der Waals surface area contributed by atoms with Crippen LogP contribution in [0.25, 0.3) is 10.9 Å². The highest BCUT2D eigenvalue weighted by Gasteiger charge is 2.35. The van der Waals surface area contributed by atoms with Gasteiger partial charge >= 0.3 is 0 Å². The zero-order valence-corrected chi connectivity index (χ0v) is 20.2. The van der Waals surface area contributed by atoms with Crippen molar-refractivity contribution in [2.45, 2.75) is 46.1 Å². The van der Waals surface area contributed by atoms with Crippen LogP contribution >= 0.6 is 24.0 Å². The molecular formula is C22H34FIN4O. The van der Waals surface area contributed by atoms with Crippen molar-refractivity contribution in [3.63, 3.8) is 0 Å². The highest BCUT2D eigenvalue weighted by atomic mass is 127. The highest BCUT2D eigenvalue weighted by molar-refractivity contribution is 14.0. The number of ether oxygens (including phenoxy) is 1. The Morgan fingerprint density at radius 2 is 2.10 bits per heavy atom. The number of aromatic amines is 1. The third-order valence-electron chi connectivity index (χ3n) is 5.47. The van der Waals surface area contributed by atoms with Gasteiger partial charge in [-0.1, -0.05) is 20.8 Å². The third-order valence-corrected chi connectivity index (χ3v) is 5.47. The minimum absolute atomic E-state index is 0. The standard InChI is InChI=1S/C22H33FN4O.HI/c1-22(2,3)20-16(6-5-11-28-20)14-27-21(24-4)25-10-9-15-13-26-19-8-7-17(23)12-18(15)19;/h7-8,12-13,16,20,26H,5-6,9-11,14H2,1-4H3,(H2,24,25,27);1H. The maximum absolute atomic E-state index is 13.5. The van der Waals surface area contributed by atoms with E-state index in [4.69, 9.17) is 4.74 Å². The molecule has 2 aromatic rings. The SMILES string of the molecule is CN=C(NCCc1c[nH]c2ccc(F)cc12)NCC1CCCOC1C(C)(C)C.I. The number of hydrogen-bond acceptors (Lipinski definition) is 2. The smallest absolute Gasteiger partial charge is 0.190 e. The van der Waals surface area contributed by atoms with Crippen molar-refractivity contribution in [1.82, 2.24) is 15.6 Å². The third kappa shape index (κ3) is 6.31. The van der Waals surface area contributed by atoms with Crippen LogP contribution < -0.4 is 10.6 Å². The molecule has 0 amide bonds. The van der Waals surface area contributed by atoms with E-state index >= 15 is 0 Å². The van der Waals surface area contributed by atoms with E-state index in [1.165, 1.54) is 12.5 Å². The highest BCUT2D eigenvalue weighted by Crippen LogP contribution is 2.33. The van der Waals surface area contributed by atoms with Crippen molar-refractivity contribution in [2.24, 2.45) is 16.3 Å². The van der Waals surface area contributed by atoms with Crippen molar-refractivity contribution in [3.8, 4) is 0 Å². The molecule has 0 bridgehead atoms. The maximum atomic E-state index is 13.5. The van der Waals surface area contributed by atoms with Gasteiger partial charge in [-0.05, 0) is 48.4 Å². The molecule has 1 saturated heterocycles. The first-order valence-electron chi connectivity index (χ1n) is 10.2. The van der Waals surface area contributed by atoms with E-state index in [0.29, 0.717) is 5.92 Å². The molecule has 2 heterocycles. The van der Waals surface area contributed by atoms with E-state index in [1.807, 2.05) is 6.20 Å². The number of H-pyrrole nitrogens is 1. The number of rotatable bonds is 5. The Bertz CT molecular complexity index is 815. The lowest BCUT2D eigenvalue weighted by molar-refractivity contribution is -0.0835. The van der Waals surface area contributed by atoms with Gasteiger partial charge < -0.3 is 20.4 Å². The van der Waals surface area contributed by atoms with Gasteiger partial charge in [0.25, 0.3) is 0 Å². The van der Waals surface area contributed by atoms with Crippen molar-refractivity contribution in [2.75, 3.05) is 26.7 Å². The zero-order valence-electron chi connectivity index (χ0n) is 17.8. The van der Waals surface area contributed by atoms with Crippen molar-refractivity contribution in [1.29, 1.82) is 0 Å². The number of aliphatic imine (C=N–C) groups is 1. The van der Waals surface area contributed by atoms with Gasteiger partial charge in [-0.15, -0.1) is 24.0 Å². The summed E-state index contributed by atoms with van der Waals surface area (Å²) < 4.78 is 19.6. The van der Waals surface area contributed by atoms with Crippen LogP contribution in [0.2, 0.25) is 0 Å². The first-order chi connectivity index (χ1) is 13.4. The largest absolute Gasteiger partial charge is 0.377 e. The van der Waals surface area contributed by atoms with Gasteiger partial charge in [0.2, 0.25) is 0 Å². The van der Waals surface area contributed by atoms with E-state index in [-0.39, 0.29) is 41.3 Å². The van der Waals surface area contributed by atoms with Crippen LogP contribution in [0, 0.1) is 17.2 Å². The molecule has 2 unspecified atom stereocenters. The van der Waals surface area contributed by atoms with Crippen LogP contribution in [0.1, 0.15) is 39.2 Å². The molecule has 162 valence electrons. The average molecular weight is 516 g/mol. The maximum Gasteiger partial charge on any atom is 0.190 e. The predicted molar refractivity (Wildman–Crippen MR) is 129 cm³/mol. The van der Waals surface area contributed by atoms with E-state index in [9.17, 15) is 4.39 Å². The molecule has 29 heavy (non-hydrogen) atoms. The second-order valence-corrected chi connectivity index (χ2v) is 8.69. The molecule has 1 aliphatic heterocycles. The molecule has 0 aliphatic carbocycles. The minimum atomic E-state index is -0.207. The van der Waals surface area contributed by atoms with Crippen LogP contribution in [0.15, 0.2) is 29.4 Å². The molecule has 2 atom stereocenters. The minimum Gasteiger partial charge on any atom is -0.377 e. The number of aromatic nitrogens is 1. The van der Waals surface area contributed by atoms with Gasteiger partial charge in [-0.2, -0.15) is 0 Å². The number of halogens is 2. The Morgan fingerprint density at radius 3 is 2.83 bits per heavy atom. The van der Waals surface area contributed by atoms with Gasteiger partial charge in [0.05, 0.1) is 6.10 Å². The number of nitrogens with one attached hydrogen (secondary N) is 3. The number of hydrogen-bond donors (Lipinski definition) is 3. The summed E-state index contributed by atoms with van der Waals surface area (Å²) in [6.45, 7) is 9.16. The van der Waals surface area contributed by atoms with Crippen LogP contribution in [0.4, 0.5) is 4.39 Å². The van der Waals surface area contributed by atoms with E-state index < -0.39 is 0 Å². The quantitative estimate of drug-likeness (QED) is 0.312. The Labute approximate surface area is 190 Å². The van der Waals surface area contributed by atoms with E-state index in [2.05, 4.69) is 41.4 Å². The molecule has 0 spiro atoms. The molecule has 0 radical (unpaired) electrons. The lowest BCUT2D eigenvalue weighted by Crippen LogP contribution is -2.47. The summed E-state index contributed by atoms with van der Waals surface area (Å²) in [5.74, 6) is 1.06. The molecule has 1 aromatic heterocycles. The monoisotopic (exact) mass is 516 g/mol. The summed E-state index contributed by atoms with van der Waals surface area (Å²) in [6, 6.07) is 4.84. The summed E-state index contributed by atoms with van der Waals surface area (Å²) in [6.07, 6.45) is 5.29. The molecule has 1 fully saturated rings. The average Bonchev–Trinajstić information content (AvgIpc) is 3.06. The van der Waals surface area contributed by atoms with E-state index in [1.54, 1.807) is 19.2 Å². The fraction of sp³-hybridized carbons (Fsp3) is 0.591. The predicted octanol–water partition coefficient (Wildman–Crippen LogP) is 4.47. The Balaban J connectivity index is 0.00000300. The first-order valence-corrected chi connectivity index (χ1v) is 10.2. The van der Waals surface area contributed by atoms with Gasteiger partial charge in [-0.25, -0.2) is 4.39 Å². The normalized spacial score (nSPS) is 20.4. The van der Waals surface area contributed by atoms with Crippen LogP contribution in [0.3, 0.4) is 0 Å². The lowest BCUT2D eigenvalue weighted by Gasteiger charge is -2.40. The Kier molecular flexibility index (Phi) is 8.75. The fourth-order valence-corrected chi connectivity index (χ4v) is 4.13. The number of guanidine groups is 1. The zero-order chi connectivity index (χ0) is 20.1. The molecule has 0 saturated carbocycles. The lowest BCUT2D eigenvalue weighted by atomic mass is 9.78. The number of benzene rings is 1. The second-order valence-electron chi connectivity index (χ2n) is 8.69. The van der Waals surface area contributed by atoms with Crippen LogP contribution in [-0.4, -0.2) is 43.8 Å². The number of fused-ring (bicyclic) bond motifs is 1.